The minimum Gasteiger partial charge on any atom is -0.298 e. The summed E-state index contributed by atoms with van der Waals surface area (Å²) < 4.78 is 0. The smallest absolute Gasteiger partial charge is 0.257 e. The summed E-state index contributed by atoms with van der Waals surface area (Å²) in [5.41, 5.74) is 3.25. The van der Waals surface area contributed by atoms with Gasteiger partial charge >= 0.3 is 0 Å². The van der Waals surface area contributed by atoms with Crippen molar-refractivity contribution in [3.63, 3.8) is 0 Å². The van der Waals surface area contributed by atoms with Gasteiger partial charge < -0.3 is 0 Å². The molecule has 0 spiro atoms. The number of carbonyl (C=O) groups is 1. The lowest BCUT2D eigenvalue weighted by atomic mass is 10.1. The number of nitrogens with zero attached hydrogens (tertiary/aromatic N) is 2. The maximum Gasteiger partial charge on any atom is 0.257 e. The molecule has 0 unspecified atom stereocenters. The van der Waals surface area contributed by atoms with Crippen LogP contribution in [0.5, 0.6) is 0 Å². The molecular weight excluding hydrogens is 342 g/mol. The van der Waals surface area contributed by atoms with E-state index in [1.807, 2.05) is 66.7 Å². The molecule has 0 saturated heterocycles. The van der Waals surface area contributed by atoms with Crippen LogP contribution in [0.2, 0.25) is 0 Å². The summed E-state index contributed by atoms with van der Waals surface area (Å²) in [7, 11) is 0. The van der Waals surface area contributed by atoms with E-state index in [1.54, 1.807) is 18.3 Å². The predicted molar refractivity (Wildman–Crippen MR) is 105 cm³/mol. The number of hydrogen-bond acceptors (Lipinski definition) is 4. The first kappa shape index (κ1) is 16.2. The molecule has 2 heterocycles. The van der Waals surface area contributed by atoms with Crippen LogP contribution in [-0.2, 0) is 0 Å². The molecule has 0 aliphatic rings. The molecule has 4 aromatic rings. The molecule has 26 heavy (non-hydrogen) atoms. The van der Waals surface area contributed by atoms with Gasteiger partial charge in [0.25, 0.3) is 5.91 Å². The van der Waals surface area contributed by atoms with Gasteiger partial charge in [-0.2, -0.15) is 0 Å². The average Bonchev–Trinajstić information content (AvgIpc) is 3.14. The van der Waals surface area contributed by atoms with Gasteiger partial charge in [0.1, 0.15) is 0 Å². The van der Waals surface area contributed by atoms with Gasteiger partial charge in [0.05, 0.1) is 16.3 Å². The van der Waals surface area contributed by atoms with Crippen molar-refractivity contribution in [3.05, 3.63) is 90.6 Å². The highest BCUT2D eigenvalue weighted by Gasteiger charge is 2.17. The summed E-state index contributed by atoms with van der Waals surface area (Å²) in [6, 6.07) is 24.8. The molecule has 1 amide bonds. The number of hydrogen-bond donors (Lipinski definition) is 1. The third kappa shape index (κ3) is 3.38. The predicted octanol–water partition coefficient (Wildman–Crippen LogP) is 5.12. The molecule has 0 fully saturated rings. The van der Waals surface area contributed by atoms with Crippen LogP contribution in [0.1, 0.15) is 10.4 Å². The molecule has 0 saturated carbocycles. The van der Waals surface area contributed by atoms with Gasteiger partial charge in [-0.15, -0.1) is 0 Å². The Morgan fingerprint density at radius 3 is 2.23 bits per heavy atom. The van der Waals surface area contributed by atoms with Crippen molar-refractivity contribution >= 4 is 22.4 Å². The van der Waals surface area contributed by atoms with E-state index in [0.717, 1.165) is 21.8 Å². The standard InChI is InChI=1S/C21H15N3OS/c25-20(16-11-5-2-6-12-16)24-21-23-18(15-9-3-1-4-10-15)19(26-21)17-13-7-8-14-22-17/h1-14H,(H,23,24,25). The number of rotatable bonds is 4. The third-order valence-corrected chi connectivity index (χ3v) is 4.82. The molecule has 0 radical (unpaired) electrons. The second-order valence-electron chi connectivity index (χ2n) is 5.60. The van der Waals surface area contributed by atoms with Crippen molar-refractivity contribution in [1.29, 1.82) is 0 Å². The Bertz CT molecular complexity index is 958. The lowest BCUT2D eigenvalue weighted by Crippen LogP contribution is -2.11. The Morgan fingerprint density at radius 1 is 0.846 bits per heavy atom. The molecule has 0 aliphatic carbocycles. The lowest BCUT2D eigenvalue weighted by molar-refractivity contribution is 0.102. The maximum absolute atomic E-state index is 12.4. The quantitative estimate of drug-likeness (QED) is 0.551. The number of pyridine rings is 1. The molecule has 0 bridgehead atoms. The Morgan fingerprint density at radius 2 is 1.54 bits per heavy atom. The number of aromatic nitrogens is 2. The fourth-order valence-electron chi connectivity index (χ4n) is 2.59. The normalized spacial score (nSPS) is 10.5. The fourth-order valence-corrected chi connectivity index (χ4v) is 3.55. The molecule has 1 N–H and O–H groups in total. The molecule has 126 valence electrons. The summed E-state index contributed by atoms with van der Waals surface area (Å²) in [5, 5.41) is 3.45. The zero-order chi connectivity index (χ0) is 17.8. The molecule has 4 nitrogen and oxygen atoms in total. The molecule has 0 aliphatic heterocycles. The number of thiazole rings is 1. The molecule has 4 rings (SSSR count). The van der Waals surface area contributed by atoms with Crippen molar-refractivity contribution in [2.45, 2.75) is 0 Å². The average molecular weight is 357 g/mol. The van der Waals surface area contributed by atoms with E-state index in [9.17, 15) is 4.79 Å². The summed E-state index contributed by atoms with van der Waals surface area (Å²) in [4.78, 5) is 22.5. The van der Waals surface area contributed by atoms with E-state index in [-0.39, 0.29) is 5.91 Å². The minimum atomic E-state index is -0.175. The third-order valence-electron chi connectivity index (χ3n) is 3.83. The van der Waals surface area contributed by atoms with Gasteiger partial charge in [-0.3, -0.25) is 15.1 Å². The van der Waals surface area contributed by atoms with Gasteiger partial charge in [-0.1, -0.05) is 65.9 Å². The summed E-state index contributed by atoms with van der Waals surface area (Å²) in [6.45, 7) is 0. The summed E-state index contributed by atoms with van der Waals surface area (Å²) >= 11 is 1.42. The Kier molecular flexibility index (Phi) is 4.53. The number of nitrogens with one attached hydrogen (secondary N) is 1. The Hall–Kier alpha value is -3.31. The minimum absolute atomic E-state index is 0.175. The molecule has 5 heteroatoms. The molecule has 2 aromatic heterocycles. The van der Waals surface area contributed by atoms with Crippen molar-refractivity contribution in [2.75, 3.05) is 5.32 Å². The van der Waals surface area contributed by atoms with Crippen LogP contribution in [0, 0.1) is 0 Å². The first-order chi connectivity index (χ1) is 12.8. The van der Waals surface area contributed by atoms with Gasteiger partial charge in [0.15, 0.2) is 5.13 Å². The van der Waals surface area contributed by atoms with E-state index < -0.39 is 0 Å². The maximum atomic E-state index is 12.4. The van der Waals surface area contributed by atoms with Gasteiger partial charge in [-0.05, 0) is 24.3 Å². The molecular formula is C21H15N3OS. The zero-order valence-corrected chi connectivity index (χ0v) is 14.6. The highest BCUT2D eigenvalue weighted by atomic mass is 32.1. The fraction of sp³-hybridized carbons (Fsp3) is 0. The SMILES string of the molecule is O=C(Nc1nc(-c2ccccc2)c(-c2ccccn2)s1)c1ccccc1. The van der Waals surface area contributed by atoms with Crippen molar-refractivity contribution in [2.24, 2.45) is 0 Å². The first-order valence-electron chi connectivity index (χ1n) is 8.15. The Labute approximate surface area is 155 Å². The molecule has 0 atom stereocenters. The number of anilines is 1. The van der Waals surface area contributed by atoms with Gasteiger partial charge in [0, 0.05) is 17.3 Å². The van der Waals surface area contributed by atoms with Crippen LogP contribution in [0.25, 0.3) is 21.8 Å². The van der Waals surface area contributed by atoms with Crippen LogP contribution < -0.4 is 5.32 Å². The van der Waals surface area contributed by atoms with E-state index in [4.69, 9.17) is 0 Å². The van der Waals surface area contributed by atoms with Crippen LogP contribution in [0.15, 0.2) is 85.1 Å². The molecule has 2 aromatic carbocycles. The second-order valence-corrected chi connectivity index (χ2v) is 6.60. The lowest BCUT2D eigenvalue weighted by Gasteiger charge is -2.01. The largest absolute Gasteiger partial charge is 0.298 e. The summed E-state index contributed by atoms with van der Waals surface area (Å²) in [5.74, 6) is -0.175. The first-order valence-corrected chi connectivity index (χ1v) is 8.97. The van der Waals surface area contributed by atoms with Gasteiger partial charge in [0.2, 0.25) is 0 Å². The van der Waals surface area contributed by atoms with Crippen LogP contribution in [0.3, 0.4) is 0 Å². The van der Waals surface area contributed by atoms with Crippen molar-refractivity contribution in [1.82, 2.24) is 9.97 Å². The number of benzene rings is 2. The topological polar surface area (TPSA) is 54.9 Å². The number of amides is 1. The second kappa shape index (κ2) is 7.29. The van der Waals surface area contributed by atoms with Crippen molar-refractivity contribution in [3.8, 4) is 21.8 Å². The Balaban J connectivity index is 1.73. The monoisotopic (exact) mass is 357 g/mol. The van der Waals surface area contributed by atoms with Gasteiger partial charge in [-0.25, -0.2) is 4.98 Å². The highest BCUT2D eigenvalue weighted by Crippen LogP contribution is 2.38. The summed E-state index contributed by atoms with van der Waals surface area (Å²) in [6.07, 6.45) is 1.76. The zero-order valence-electron chi connectivity index (χ0n) is 13.8. The highest BCUT2D eigenvalue weighted by molar-refractivity contribution is 7.19. The van der Waals surface area contributed by atoms with E-state index in [1.165, 1.54) is 11.3 Å². The van der Waals surface area contributed by atoms with E-state index in [2.05, 4.69) is 15.3 Å². The van der Waals surface area contributed by atoms with Crippen LogP contribution >= 0.6 is 11.3 Å². The number of carbonyl (C=O) groups excluding carboxylic acids is 1. The van der Waals surface area contributed by atoms with Crippen molar-refractivity contribution < 1.29 is 4.79 Å². The van der Waals surface area contributed by atoms with E-state index >= 15 is 0 Å². The van der Waals surface area contributed by atoms with Crippen LogP contribution in [-0.4, -0.2) is 15.9 Å². The van der Waals surface area contributed by atoms with Crippen LogP contribution in [0.4, 0.5) is 5.13 Å². The van der Waals surface area contributed by atoms with E-state index in [0.29, 0.717) is 10.7 Å².